The fourth-order valence-electron chi connectivity index (χ4n) is 2.03. The third kappa shape index (κ3) is 1.47. The Morgan fingerprint density at radius 1 is 1.33 bits per heavy atom. The molecule has 1 rings (SSSR count). The van der Waals surface area contributed by atoms with Gasteiger partial charge in [-0.25, -0.2) is 0 Å². The molecule has 2 atom stereocenters. The standard InChI is InChI=1S/C9H17/c1-3-8-6-5-7-9(8)4-2/h8-9H,1,3-7H2,2H3. The molecule has 0 N–H and O–H groups in total. The molecular weight excluding hydrogens is 108 g/mol. The van der Waals surface area contributed by atoms with Gasteiger partial charge in [0.05, 0.1) is 0 Å². The number of hydrogen-bond acceptors (Lipinski definition) is 0. The van der Waals surface area contributed by atoms with Gasteiger partial charge in [0.1, 0.15) is 0 Å². The van der Waals surface area contributed by atoms with E-state index >= 15 is 0 Å². The lowest BCUT2D eigenvalue weighted by Crippen LogP contribution is -2.04. The van der Waals surface area contributed by atoms with Crippen LogP contribution in [0.5, 0.6) is 0 Å². The third-order valence-electron chi connectivity index (χ3n) is 2.71. The van der Waals surface area contributed by atoms with Crippen LogP contribution in [0.25, 0.3) is 0 Å². The summed E-state index contributed by atoms with van der Waals surface area (Å²) in [7, 11) is 0. The molecule has 0 bridgehead atoms. The Bertz CT molecular complexity index is 66.1. The van der Waals surface area contributed by atoms with Gasteiger partial charge < -0.3 is 0 Å². The Kier molecular flexibility index (Phi) is 2.56. The quantitative estimate of drug-likeness (QED) is 0.532. The van der Waals surface area contributed by atoms with Crippen molar-refractivity contribution >= 4 is 0 Å². The highest BCUT2D eigenvalue weighted by atomic mass is 14.3. The van der Waals surface area contributed by atoms with Crippen molar-refractivity contribution in [1.29, 1.82) is 0 Å². The van der Waals surface area contributed by atoms with Crippen LogP contribution in [0.15, 0.2) is 0 Å². The van der Waals surface area contributed by atoms with Crippen LogP contribution >= 0.6 is 0 Å². The Morgan fingerprint density at radius 2 is 2.00 bits per heavy atom. The maximum absolute atomic E-state index is 3.97. The van der Waals surface area contributed by atoms with E-state index < -0.39 is 0 Å². The van der Waals surface area contributed by atoms with Crippen molar-refractivity contribution in [2.24, 2.45) is 11.8 Å². The molecule has 0 saturated heterocycles. The summed E-state index contributed by atoms with van der Waals surface area (Å²) in [5.41, 5.74) is 0. The summed E-state index contributed by atoms with van der Waals surface area (Å²) < 4.78 is 0. The second-order valence-electron chi connectivity index (χ2n) is 3.15. The first-order chi connectivity index (χ1) is 4.38. The molecule has 1 aliphatic rings. The average Bonchev–Trinajstić information content (AvgIpc) is 2.33. The van der Waals surface area contributed by atoms with Crippen molar-refractivity contribution in [3.63, 3.8) is 0 Å². The minimum atomic E-state index is 0.968. The Labute approximate surface area is 58.7 Å². The molecular formula is C9H17. The van der Waals surface area contributed by atoms with Crippen molar-refractivity contribution in [2.45, 2.75) is 39.0 Å². The zero-order chi connectivity index (χ0) is 6.69. The van der Waals surface area contributed by atoms with Crippen molar-refractivity contribution in [2.75, 3.05) is 0 Å². The fraction of sp³-hybridized carbons (Fsp3) is 0.889. The van der Waals surface area contributed by atoms with Crippen molar-refractivity contribution < 1.29 is 0 Å². The summed E-state index contributed by atoms with van der Waals surface area (Å²) >= 11 is 0. The number of hydrogen-bond donors (Lipinski definition) is 0. The first kappa shape index (κ1) is 7.11. The van der Waals surface area contributed by atoms with Gasteiger partial charge in [0.2, 0.25) is 0 Å². The predicted molar refractivity (Wildman–Crippen MR) is 41.1 cm³/mol. The zero-order valence-electron chi connectivity index (χ0n) is 6.40. The van der Waals surface area contributed by atoms with E-state index in [-0.39, 0.29) is 0 Å². The van der Waals surface area contributed by atoms with Gasteiger partial charge >= 0.3 is 0 Å². The van der Waals surface area contributed by atoms with E-state index in [0.717, 1.165) is 11.8 Å². The molecule has 1 radical (unpaired) electrons. The highest BCUT2D eigenvalue weighted by Gasteiger charge is 2.23. The van der Waals surface area contributed by atoms with Crippen molar-refractivity contribution in [3.05, 3.63) is 6.92 Å². The van der Waals surface area contributed by atoms with Gasteiger partial charge in [-0.05, 0) is 11.8 Å². The molecule has 0 aliphatic heterocycles. The first-order valence-corrected chi connectivity index (χ1v) is 4.17. The van der Waals surface area contributed by atoms with Crippen molar-refractivity contribution in [3.8, 4) is 0 Å². The molecule has 0 nitrogen and oxygen atoms in total. The van der Waals surface area contributed by atoms with E-state index in [1.165, 1.54) is 32.1 Å². The van der Waals surface area contributed by atoms with Gasteiger partial charge in [-0.15, -0.1) is 0 Å². The summed E-state index contributed by atoms with van der Waals surface area (Å²) in [4.78, 5) is 0. The Hall–Kier alpha value is 0. The fourth-order valence-corrected chi connectivity index (χ4v) is 2.03. The van der Waals surface area contributed by atoms with Crippen LogP contribution in [0.3, 0.4) is 0 Å². The van der Waals surface area contributed by atoms with Gasteiger partial charge in [-0.3, -0.25) is 0 Å². The van der Waals surface area contributed by atoms with Crippen LogP contribution < -0.4 is 0 Å². The molecule has 0 heterocycles. The van der Waals surface area contributed by atoms with E-state index in [2.05, 4.69) is 13.8 Å². The summed E-state index contributed by atoms with van der Waals surface area (Å²) in [5, 5.41) is 0. The van der Waals surface area contributed by atoms with Gasteiger partial charge in [0.25, 0.3) is 0 Å². The summed E-state index contributed by atoms with van der Waals surface area (Å²) in [6.45, 7) is 6.27. The smallest absolute Gasteiger partial charge is 0.0386 e. The molecule has 1 fully saturated rings. The van der Waals surface area contributed by atoms with Crippen LogP contribution in [0.4, 0.5) is 0 Å². The molecule has 0 aromatic rings. The van der Waals surface area contributed by atoms with E-state index in [1.807, 2.05) is 0 Å². The van der Waals surface area contributed by atoms with E-state index in [0.29, 0.717) is 0 Å². The average molecular weight is 125 g/mol. The van der Waals surface area contributed by atoms with Gasteiger partial charge in [0.15, 0.2) is 0 Å². The molecule has 1 aliphatic carbocycles. The summed E-state index contributed by atoms with van der Waals surface area (Å²) in [6.07, 6.45) is 6.91. The Morgan fingerprint density at radius 3 is 2.44 bits per heavy atom. The maximum Gasteiger partial charge on any atom is -0.0386 e. The molecule has 0 aromatic carbocycles. The van der Waals surface area contributed by atoms with Crippen LogP contribution in [0.1, 0.15) is 39.0 Å². The minimum absolute atomic E-state index is 0.968. The largest absolute Gasteiger partial charge is 0.0651 e. The zero-order valence-corrected chi connectivity index (χ0v) is 6.40. The minimum Gasteiger partial charge on any atom is -0.0651 e. The molecule has 0 aromatic heterocycles. The molecule has 0 amide bonds. The van der Waals surface area contributed by atoms with Gasteiger partial charge in [-0.2, -0.15) is 0 Å². The second-order valence-corrected chi connectivity index (χ2v) is 3.15. The molecule has 2 unspecified atom stereocenters. The summed E-state index contributed by atoms with van der Waals surface area (Å²) in [6, 6.07) is 0. The van der Waals surface area contributed by atoms with E-state index in [4.69, 9.17) is 0 Å². The van der Waals surface area contributed by atoms with E-state index in [1.54, 1.807) is 0 Å². The molecule has 9 heavy (non-hydrogen) atoms. The monoisotopic (exact) mass is 125 g/mol. The lowest BCUT2D eigenvalue weighted by atomic mass is 9.92. The molecule has 53 valence electrons. The number of rotatable bonds is 2. The molecule has 0 spiro atoms. The predicted octanol–water partition coefficient (Wildman–Crippen LogP) is 3.04. The Balaban J connectivity index is 2.32. The van der Waals surface area contributed by atoms with Crippen LogP contribution in [-0.2, 0) is 0 Å². The second kappa shape index (κ2) is 3.24. The third-order valence-corrected chi connectivity index (χ3v) is 2.71. The lowest BCUT2D eigenvalue weighted by Gasteiger charge is -2.14. The highest BCUT2D eigenvalue weighted by Crippen LogP contribution is 2.35. The molecule has 0 heteroatoms. The highest BCUT2D eigenvalue weighted by molar-refractivity contribution is 4.76. The lowest BCUT2D eigenvalue weighted by molar-refractivity contribution is 0.379. The van der Waals surface area contributed by atoms with E-state index in [9.17, 15) is 0 Å². The maximum atomic E-state index is 3.97. The van der Waals surface area contributed by atoms with Crippen molar-refractivity contribution in [1.82, 2.24) is 0 Å². The van der Waals surface area contributed by atoms with Gasteiger partial charge in [0, 0.05) is 0 Å². The SMILES string of the molecule is [CH2]CC1CCCC1CC. The van der Waals surface area contributed by atoms with Crippen LogP contribution in [-0.4, -0.2) is 0 Å². The summed E-state index contributed by atoms with van der Waals surface area (Å²) in [5.74, 6) is 1.98. The molecule has 1 saturated carbocycles. The first-order valence-electron chi connectivity index (χ1n) is 4.17. The van der Waals surface area contributed by atoms with Gasteiger partial charge in [-0.1, -0.05) is 46.0 Å². The topological polar surface area (TPSA) is 0 Å². The van der Waals surface area contributed by atoms with Crippen LogP contribution in [0.2, 0.25) is 0 Å². The van der Waals surface area contributed by atoms with Crippen LogP contribution in [0, 0.1) is 18.8 Å². The normalized spacial score (nSPS) is 35.3.